The maximum Gasteiger partial charge on any atom is 0.407 e. The molecular formula is C26H26F2N4O4. The minimum Gasteiger partial charge on any atom is -0.465 e. The number of carbonyl (C=O) groups excluding carboxylic acids is 1. The highest BCUT2D eigenvalue weighted by Crippen LogP contribution is 2.24. The molecule has 188 valence electrons. The van der Waals surface area contributed by atoms with Crippen molar-refractivity contribution in [3.05, 3.63) is 83.6 Å². The van der Waals surface area contributed by atoms with Crippen LogP contribution in [0.5, 0.6) is 11.6 Å². The molecule has 36 heavy (non-hydrogen) atoms. The number of carboxylic acid groups (broad SMARTS) is 1. The van der Waals surface area contributed by atoms with Crippen LogP contribution in [-0.2, 0) is 6.54 Å². The van der Waals surface area contributed by atoms with Crippen LogP contribution in [-0.4, -0.2) is 64.6 Å². The molecule has 1 fully saturated rings. The summed E-state index contributed by atoms with van der Waals surface area (Å²) in [5.41, 5.74) is 1.11. The lowest BCUT2D eigenvalue weighted by atomic mass is 10.1. The van der Waals surface area contributed by atoms with Gasteiger partial charge in [-0.05, 0) is 55.0 Å². The molecule has 3 aromatic rings. The van der Waals surface area contributed by atoms with Crippen LogP contribution in [0.1, 0.15) is 22.8 Å². The molecule has 1 saturated heterocycles. The summed E-state index contributed by atoms with van der Waals surface area (Å²) in [4.78, 5) is 32.9. The monoisotopic (exact) mass is 496 g/mol. The second kappa shape index (κ2) is 10.7. The summed E-state index contributed by atoms with van der Waals surface area (Å²) in [7, 11) is 1.48. The van der Waals surface area contributed by atoms with Gasteiger partial charge in [0.25, 0.3) is 5.91 Å². The maximum absolute atomic E-state index is 14.9. The van der Waals surface area contributed by atoms with Gasteiger partial charge in [-0.1, -0.05) is 6.07 Å². The maximum atomic E-state index is 14.9. The van der Waals surface area contributed by atoms with Crippen LogP contribution in [0.3, 0.4) is 0 Å². The fourth-order valence-corrected chi connectivity index (χ4v) is 4.13. The summed E-state index contributed by atoms with van der Waals surface area (Å²) in [6, 6.07) is 13.1. The lowest BCUT2D eigenvalue weighted by Crippen LogP contribution is -2.53. The Hall–Kier alpha value is -4.05. The van der Waals surface area contributed by atoms with E-state index in [0.29, 0.717) is 31.9 Å². The molecule has 0 bridgehead atoms. The molecule has 10 heteroatoms. The number of piperazine rings is 1. The van der Waals surface area contributed by atoms with Gasteiger partial charge < -0.3 is 19.6 Å². The quantitative estimate of drug-likeness (QED) is 0.536. The van der Waals surface area contributed by atoms with Gasteiger partial charge in [0.1, 0.15) is 17.4 Å². The average molecular weight is 497 g/mol. The standard InChI is InChI=1S/C26H26F2N4O4/c1-17-15-31(11-12-32(17)26(34)35)16-18-3-9-23(22(28)13-18)30(2)25(33)19-4-10-24(29-14-19)36-21-7-5-20(27)6-8-21/h3-10,13-14,17H,11-12,15-16H2,1-2H3,(H,34,35)/t17-/m0/s1. The molecule has 4 rings (SSSR count). The molecule has 0 spiro atoms. The van der Waals surface area contributed by atoms with Gasteiger partial charge in [0.15, 0.2) is 0 Å². The molecule has 1 aliphatic rings. The molecule has 2 amide bonds. The van der Waals surface area contributed by atoms with E-state index >= 15 is 0 Å². The zero-order valence-corrected chi connectivity index (χ0v) is 19.9. The van der Waals surface area contributed by atoms with Gasteiger partial charge in [-0.25, -0.2) is 18.6 Å². The lowest BCUT2D eigenvalue weighted by molar-refractivity contribution is 0.0711. The Labute approximate surface area is 207 Å². The van der Waals surface area contributed by atoms with E-state index in [2.05, 4.69) is 9.88 Å². The Balaban J connectivity index is 1.38. The van der Waals surface area contributed by atoms with Crippen molar-refractivity contribution in [3.8, 4) is 11.6 Å². The highest BCUT2D eigenvalue weighted by molar-refractivity contribution is 6.05. The van der Waals surface area contributed by atoms with Gasteiger partial charge in [0.05, 0.1) is 11.3 Å². The van der Waals surface area contributed by atoms with Crippen molar-refractivity contribution < 1.29 is 28.2 Å². The van der Waals surface area contributed by atoms with Crippen molar-refractivity contribution in [1.29, 1.82) is 0 Å². The number of hydrogen-bond donors (Lipinski definition) is 1. The molecule has 2 aromatic carbocycles. The molecule has 0 unspecified atom stereocenters. The fraction of sp³-hybridized carbons (Fsp3) is 0.269. The van der Waals surface area contributed by atoms with E-state index in [1.54, 1.807) is 12.1 Å². The summed E-state index contributed by atoms with van der Waals surface area (Å²) < 4.78 is 33.5. The van der Waals surface area contributed by atoms with Crippen LogP contribution >= 0.6 is 0 Å². The minimum absolute atomic E-state index is 0.124. The van der Waals surface area contributed by atoms with Gasteiger partial charge in [0, 0.05) is 51.5 Å². The van der Waals surface area contributed by atoms with Crippen LogP contribution in [0, 0.1) is 11.6 Å². The number of pyridine rings is 1. The number of benzene rings is 2. The van der Waals surface area contributed by atoms with E-state index < -0.39 is 17.8 Å². The number of amides is 2. The summed E-state index contributed by atoms with van der Waals surface area (Å²) in [6.45, 7) is 3.84. The van der Waals surface area contributed by atoms with Gasteiger partial charge in [-0.2, -0.15) is 0 Å². The molecule has 1 N–H and O–H groups in total. The molecule has 0 aliphatic carbocycles. The molecule has 1 aliphatic heterocycles. The van der Waals surface area contributed by atoms with Gasteiger partial charge in [-0.15, -0.1) is 0 Å². The number of halogens is 2. The lowest BCUT2D eigenvalue weighted by Gasteiger charge is -2.38. The van der Waals surface area contributed by atoms with Crippen molar-refractivity contribution in [3.63, 3.8) is 0 Å². The number of rotatable bonds is 6. The number of carbonyl (C=O) groups is 2. The Kier molecular flexibility index (Phi) is 7.44. The molecule has 0 radical (unpaired) electrons. The normalized spacial score (nSPS) is 16.0. The zero-order chi connectivity index (χ0) is 25.8. The van der Waals surface area contributed by atoms with Crippen molar-refractivity contribution in [2.24, 2.45) is 0 Å². The first-order valence-electron chi connectivity index (χ1n) is 11.4. The third-order valence-corrected chi connectivity index (χ3v) is 6.06. The van der Waals surface area contributed by atoms with E-state index in [1.807, 2.05) is 6.92 Å². The number of ether oxygens (including phenoxy) is 1. The van der Waals surface area contributed by atoms with E-state index in [1.165, 1.54) is 65.5 Å². The van der Waals surface area contributed by atoms with Gasteiger partial charge in [0.2, 0.25) is 5.88 Å². The predicted molar refractivity (Wildman–Crippen MR) is 129 cm³/mol. The second-order valence-corrected chi connectivity index (χ2v) is 8.65. The molecule has 1 atom stereocenters. The Morgan fingerprint density at radius 3 is 2.47 bits per heavy atom. The van der Waals surface area contributed by atoms with Crippen LogP contribution < -0.4 is 9.64 Å². The highest BCUT2D eigenvalue weighted by Gasteiger charge is 2.27. The van der Waals surface area contributed by atoms with Crippen LogP contribution in [0.25, 0.3) is 0 Å². The molecule has 2 heterocycles. The van der Waals surface area contributed by atoms with E-state index in [-0.39, 0.29) is 29.0 Å². The van der Waals surface area contributed by atoms with E-state index in [0.717, 1.165) is 5.56 Å². The van der Waals surface area contributed by atoms with Crippen molar-refractivity contribution >= 4 is 17.7 Å². The summed E-state index contributed by atoms with van der Waals surface area (Å²) in [6.07, 6.45) is 0.400. The fourth-order valence-electron chi connectivity index (χ4n) is 4.13. The van der Waals surface area contributed by atoms with Crippen LogP contribution in [0.15, 0.2) is 60.8 Å². The number of nitrogens with zero attached hydrogens (tertiary/aromatic N) is 4. The second-order valence-electron chi connectivity index (χ2n) is 8.65. The van der Waals surface area contributed by atoms with Gasteiger partial charge >= 0.3 is 6.09 Å². The number of anilines is 1. The number of hydrogen-bond acceptors (Lipinski definition) is 5. The average Bonchev–Trinajstić information content (AvgIpc) is 2.85. The third kappa shape index (κ3) is 5.77. The van der Waals surface area contributed by atoms with Crippen molar-refractivity contribution in [2.45, 2.75) is 19.5 Å². The van der Waals surface area contributed by atoms with Crippen LogP contribution in [0.2, 0.25) is 0 Å². The first kappa shape index (κ1) is 25.1. The van der Waals surface area contributed by atoms with E-state index in [4.69, 9.17) is 4.74 Å². The van der Waals surface area contributed by atoms with Crippen LogP contribution in [0.4, 0.5) is 19.3 Å². The van der Waals surface area contributed by atoms with Crippen molar-refractivity contribution in [2.75, 3.05) is 31.6 Å². The minimum atomic E-state index is -0.935. The summed E-state index contributed by atoms with van der Waals surface area (Å²) in [5, 5.41) is 9.22. The molecule has 1 aromatic heterocycles. The van der Waals surface area contributed by atoms with Gasteiger partial charge in [-0.3, -0.25) is 9.69 Å². The highest BCUT2D eigenvalue weighted by atomic mass is 19.1. The zero-order valence-electron chi connectivity index (χ0n) is 19.9. The largest absolute Gasteiger partial charge is 0.465 e. The summed E-state index contributed by atoms with van der Waals surface area (Å²) >= 11 is 0. The molecule has 8 nitrogen and oxygen atoms in total. The van der Waals surface area contributed by atoms with E-state index in [9.17, 15) is 23.5 Å². The van der Waals surface area contributed by atoms with Crippen molar-refractivity contribution in [1.82, 2.24) is 14.8 Å². The molecular weight excluding hydrogens is 470 g/mol. The smallest absolute Gasteiger partial charge is 0.407 e. The summed E-state index contributed by atoms with van der Waals surface area (Å²) in [5.74, 6) is -0.728. The first-order valence-corrected chi connectivity index (χ1v) is 11.4. The number of aromatic nitrogens is 1. The topological polar surface area (TPSA) is 86.2 Å². The SMILES string of the molecule is C[C@H]1CN(Cc2ccc(N(C)C(=O)c3ccc(Oc4ccc(F)cc4)nc3)c(F)c2)CCN1C(=O)O. The predicted octanol–water partition coefficient (Wildman–Crippen LogP) is 4.61. The third-order valence-electron chi connectivity index (χ3n) is 6.06. The first-order chi connectivity index (χ1) is 17.2. The Morgan fingerprint density at radius 2 is 1.86 bits per heavy atom. The molecule has 0 saturated carbocycles. The Bertz CT molecular complexity index is 1240. The Morgan fingerprint density at radius 1 is 1.11 bits per heavy atom.